The highest BCUT2D eigenvalue weighted by Gasteiger charge is 2.25. The number of rotatable bonds is 7. The second kappa shape index (κ2) is 9.45. The van der Waals surface area contributed by atoms with E-state index in [1.54, 1.807) is 7.11 Å². The van der Waals surface area contributed by atoms with Crippen LogP contribution in [0.1, 0.15) is 38.2 Å². The molecule has 0 saturated carbocycles. The number of nitrogens with zero attached hydrogens (tertiary/aromatic N) is 2. The number of pyridine rings is 1. The first kappa shape index (κ1) is 22.5. The minimum absolute atomic E-state index is 0.102. The van der Waals surface area contributed by atoms with Gasteiger partial charge in [-0.25, -0.2) is 4.98 Å². The number of nitro benzene ring substituents is 1. The Hall–Kier alpha value is -3.66. The maximum absolute atomic E-state index is 13.1. The smallest absolute Gasteiger partial charge is 0.269 e. The molecular weight excluding hydrogens is 442 g/mol. The second-order valence-electron chi connectivity index (χ2n) is 7.45. The van der Waals surface area contributed by atoms with Crippen LogP contribution in [-0.2, 0) is 11.3 Å². The van der Waals surface area contributed by atoms with Crippen LogP contribution in [0.3, 0.4) is 0 Å². The van der Waals surface area contributed by atoms with Gasteiger partial charge in [-0.3, -0.25) is 14.9 Å². The Labute approximate surface area is 193 Å². The molecule has 0 radical (unpaired) electrons. The largest absolute Gasteiger partial charge is 0.383 e. The maximum Gasteiger partial charge on any atom is 0.269 e. The molecule has 0 saturated heterocycles. The van der Waals surface area contributed by atoms with Gasteiger partial charge in [0.1, 0.15) is 10.9 Å². The summed E-state index contributed by atoms with van der Waals surface area (Å²) in [6.07, 6.45) is -0.978. The van der Waals surface area contributed by atoms with Crippen molar-refractivity contribution < 1.29 is 19.6 Å². The van der Waals surface area contributed by atoms with Crippen LogP contribution in [0, 0.1) is 17.0 Å². The SMILES string of the molecule is COCc1cc(C)nc2sc([C@@H](O)c3ccccc3)c(NC(=O)c3ccc([N+](=O)[O-])cc3)c12. The Kier molecular flexibility index (Phi) is 6.45. The molecule has 2 N–H and O–H groups in total. The number of ether oxygens (including phenoxy) is 1. The highest BCUT2D eigenvalue weighted by molar-refractivity contribution is 7.19. The number of aliphatic hydroxyl groups excluding tert-OH is 1. The maximum atomic E-state index is 13.1. The second-order valence-corrected chi connectivity index (χ2v) is 8.48. The van der Waals surface area contributed by atoms with Crippen molar-refractivity contribution in [2.75, 3.05) is 12.4 Å². The molecule has 0 bridgehead atoms. The molecule has 0 unspecified atom stereocenters. The van der Waals surface area contributed by atoms with Crippen LogP contribution in [0.15, 0.2) is 60.7 Å². The molecule has 33 heavy (non-hydrogen) atoms. The molecule has 4 aromatic rings. The van der Waals surface area contributed by atoms with Crippen molar-refractivity contribution in [2.45, 2.75) is 19.6 Å². The molecule has 0 fully saturated rings. The number of methoxy groups -OCH3 is 1. The Bertz CT molecular complexity index is 1320. The molecule has 0 spiro atoms. The van der Waals surface area contributed by atoms with Gasteiger partial charge in [0.05, 0.1) is 22.1 Å². The molecule has 1 amide bonds. The minimum Gasteiger partial charge on any atom is -0.383 e. The molecule has 0 aliphatic heterocycles. The van der Waals surface area contributed by atoms with Crippen molar-refractivity contribution in [1.82, 2.24) is 4.98 Å². The molecule has 1 atom stereocenters. The van der Waals surface area contributed by atoms with Gasteiger partial charge in [-0.2, -0.15) is 0 Å². The molecule has 2 aromatic heterocycles. The van der Waals surface area contributed by atoms with Gasteiger partial charge in [0.15, 0.2) is 0 Å². The quantitative estimate of drug-likeness (QED) is 0.295. The van der Waals surface area contributed by atoms with Crippen molar-refractivity contribution in [2.24, 2.45) is 0 Å². The molecule has 2 aromatic carbocycles. The average Bonchev–Trinajstić information content (AvgIpc) is 3.17. The monoisotopic (exact) mass is 463 g/mol. The number of anilines is 1. The molecule has 168 valence electrons. The minimum atomic E-state index is -0.978. The lowest BCUT2D eigenvalue weighted by Gasteiger charge is -2.14. The number of benzene rings is 2. The number of fused-ring (bicyclic) bond motifs is 1. The van der Waals surface area contributed by atoms with Crippen LogP contribution in [0.2, 0.25) is 0 Å². The predicted molar refractivity (Wildman–Crippen MR) is 127 cm³/mol. The summed E-state index contributed by atoms with van der Waals surface area (Å²) < 4.78 is 5.36. The molecular formula is C24H21N3O5S. The zero-order valence-electron chi connectivity index (χ0n) is 17.9. The van der Waals surface area contributed by atoms with E-state index >= 15 is 0 Å². The number of aryl methyl sites for hydroxylation is 1. The van der Waals surface area contributed by atoms with Crippen molar-refractivity contribution >= 4 is 38.8 Å². The van der Waals surface area contributed by atoms with Crippen LogP contribution in [0.4, 0.5) is 11.4 Å². The third-order valence-electron chi connectivity index (χ3n) is 5.14. The lowest BCUT2D eigenvalue weighted by atomic mass is 10.0. The molecule has 8 nitrogen and oxygen atoms in total. The Balaban J connectivity index is 1.83. The summed E-state index contributed by atoms with van der Waals surface area (Å²) in [5, 5.41) is 25.7. The van der Waals surface area contributed by atoms with Gasteiger partial charge >= 0.3 is 0 Å². The van der Waals surface area contributed by atoms with Gasteiger partial charge in [-0.05, 0) is 36.2 Å². The van der Waals surface area contributed by atoms with Crippen LogP contribution < -0.4 is 5.32 Å². The number of nitro groups is 1. The first-order chi connectivity index (χ1) is 15.9. The van der Waals surface area contributed by atoms with E-state index in [1.807, 2.05) is 43.3 Å². The molecule has 0 aliphatic carbocycles. The first-order valence-corrected chi connectivity index (χ1v) is 10.9. The number of aromatic nitrogens is 1. The Morgan fingerprint density at radius 1 is 1.21 bits per heavy atom. The fraction of sp³-hybridized carbons (Fsp3) is 0.167. The number of carbonyl (C=O) groups is 1. The molecule has 2 heterocycles. The van der Waals surface area contributed by atoms with Crippen molar-refractivity contribution in [1.29, 1.82) is 0 Å². The lowest BCUT2D eigenvalue weighted by Crippen LogP contribution is -2.14. The summed E-state index contributed by atoms with van der Waals surface area (Å²) in [5.41, 5.74) is 2.92. The average molecular weight is 464 g/mol. The van der Waals surface area contributed by atoms with E-state index in [-0.39, 0.29) is 11.3 Å². The number of amides is 1. The zero-order chi connectivity index (χ0) is 23.5. The topological polar surface area (TPSA) is 115 Å². The Morgan fingerprint density at radius 3 is 2.55 bits per heavy atom. The van der Waals surface area contributed by atoms with Crippen molar-refractivity contribution in [3.8, 4) is 0 Å². The van der Waals surface area contributed by atoms with E-state index in [4.69, 9.17) is 4.74 Å². The van der Waals surface area contributed by atoms with E-state index in [9.17, 15) is 20.0 Å². The third-order valence-corrected chi connectivity index (χ3v) is 6.28. The number of hydrogen-bond acceptors (Lipinski definition) is 7. The lowest BCUT2D eigenvalue weighted by molar-refractivity contribution is -0.384. The van der Waals surface area contributed by atoms with Crippen LogP contribution >= 0.6 is 11.3 Å². The summed E-state index contributed by atoms with van der Waals surface area (Å²) in [7, 11) is 1.59. The molecule has 9 heteroatoms. The van der Waals surface area contributed by atoms with Crippen LogP contribution in [0.25, 0.3) is 10.2 Å². The fourth-order valence-corrected chi connectivity index (χ4v) is 4.86. The van der Waals surface area contributed by atoms with Gasteiger partial charge in [0.2, 0.25) is 0 Å². The van der Waals surface area contributed by atoms with E-state index in [2.05, 4.69) is 10.3 Å². The highest BCUT2D eigenvalue weighted by Crippen LogP contribution is 2.43. The Morgan fingerprint density at radius 2 is 1.91 bits per heavy atom. The first-order valence-electron chi connectivity index (χ1n) is 10.1. The van der Waals surface area contributed by atoms with Gasteiger partial charge in [0.25, 0.3) is 11.6 Å². The zero-order valence-corrected chi connectivity index (χ0v) is 18.8. The van der Waals surface area contributed by atoms with Gasteiger partial charge < -0.3 is 15.2 Å². The summed E-state index contributed by atoms with van der Waals surface area (Å²) in [6.45, 7) is 2.18. The highest BCUT2D eigenvalue weighted by atomic mass is 32.1. The van der Waals surface area contributed by atoms with Gasteiger partial charge in [-0.15, -0.1) is 11.3 Å². The number of aliphatic hydroxyl groups is 1. The van der Waals surface area contributed by atoms with Gasteiger partial charge in [0, 0.05) is 35.9 Å². The number of hydrogen-bond donors (Lipinski definition) is 2. The van der Waals surface area contributed by atoms with E-state index < -0.39 is 16.9 Å². The van der Waals surface area contributed by atoms with E-state index in [0.717, 1.165) is 11.3 Å². The molecule has 4 rings (SSSR count). The summed E-state index contributed by atoms with van der Waals surface area (Å²) in [5.74, 6) is -0.449. The molecule has 0 aliphatic rings. The normalized spacial score (nSPS) is 12.0. The van der Waals surface area contributed by atoms with Crippen LogP contribution in [-0.4, -0.2) is 28.0 Å². The van der Waals surface area contributed by atoms with E-state index in [0.29, 0.717) is 33.0 Å². The van der Waals surface area contributed by atoms with Gasteiger partial charge in [-0.1, -0.05) is 30.3 Å². The standard InChI is InChI=1S/C24H21N3O5S/c1-14-12-17(13-32-2)19-20(26-23(29)16-8-10-18(11-9-16)27(30)31)22(33-24(19)25-14)21(28)15-6-4-3-5-7-15/h3-12,21,28H,13H2,1-2H3,(H,26,29)/t21-/m0/s1. The van der Waals surface area contributed by atoms with E-state index in [1.165, 1.54) is 35.6 Å². The summed E-state index contributed by atoms with van der Waals surface area (Å²) in [4.78, 5) is 29.3. The summed E-state index contributed by atoms with van der Waals surface area (Å²) >= 11 is 1.30. The number of non-ortho nitro benzene ring substituents is 1. The number of nitrogens with one attached hydrogen (secondary N) is 1. The predicted octanol–water partition coefficient (Wildman–Crippen LogP) is 4.99. The van der Waals surface area contributed by atoms with Crippen molar-refractivity contribution in [3.63, 3.8) is 0 Å². The fourth-order valence-electron chi connectivity index (χ4n) is 3.62. The number of carbonyl (C=O) groups excluding carboxylic acids is 1. The van der Waals surface area contributed by atoms with Crippen molar-refractivity contribution in [3.05, 3.63) is 98.0 Å². The third kappa shape index (κ3) is 4.61. The number of thiophene rings is 1. The summed E-state index contributed by atoms with van der Waals surface area (Å²) in [6, 6.07) is 16.4. The van der Waals surface area contributed by atoms with Crippen LogP contribution in [0.5, 0.6) is 0 Å².